The average Bonchev–Trinajstić information content (AvgIpc) is 2.65. The number of nitrogens with one attached hydrogen (secondary N) is 1. The second kappa shape index (κ2) is 5.28. The molecule has 0 aliphatic carbocycles. The summed E-state index contributed by atoms with van der Waals surface area (Å²) in [6.07, 6.45) is 1.20. The first-order chi connectivity index (χ1) is 8.06. The molecule has 1 N–H and O–H groups in total. The smallest absolute Gasteiger partial charge is 0.0642 e. The first-order valence-electron chi connectivity index (χ1n) is 6.33. The van der Waals surface area contributed by atoms with E-state index in [0.29, 0.717) is 12.1 Å². The Bertz CT molecular complexity index is 390. The maximum Gasteiger partial charge on any atom is 0.0642 e. The molecule has 17 heavy (non-hydrogen) atoms. The molecule has 94 valence electrons. The van der Waals surface area contributed by atoms with Crippen molar-refractivity contribution >= 4 is 17.3 Å². The van der Waals surface area contributed by atoms with Gasteiger partial charge in [-0.15, -0.1) is 0 Å². The van der Waals surface area contributed by atoms with Crippen LogP contribution in [0.25, 0.3) is 0 Å². The monoisotopic (exact) mass is 252 g/mol. The highest BCUT2D eigenvalue weighted by atomic mass is 35.5. The lowest BCUT2D eigenvalue weighted by atomic mass is 10.2. The summed E-state index contributed by atoms with van der Waals surface area (Å²) in [6.45, 7) is 8.61. The quantitative estimate of drug-likeness (QED) is 0.889. The van der Waals surface area contributed by atoms with E-state index in [2.05, 4.69) is 43.1 Å². The van der Waals surface area contributed by atoms with Crippen LogP contribution in [0.3, 0.4) is 0 Å². The Kier molecular flexibility index (Phi) is 3.95. The molecule has 1 unspecified atom stereocenters. The van der Waals surface area contributed by atoms with Gasteiger partial charge < -0.3 is 10.2 Å². The number of anilines is 1. The van der Waals surface area contributed by atoms with Crippen molar-refractivity contribution < 1.29 is 0 Å². The van der Waals surface area contributed by atoms with Gasteiger partial charge in [-0.1, -0.05) is 31.5 Å². The third kappa shape index (κ3) is 3.14. The van der Waals surface area contributed by atoms with Crippen LogP contribution in [0.5, 0.6) is 0 Å². The number of rotatable bonds is 3. The summed E-state index contributed by atoms with van der Waals surface area (Å²) in [4.78, 5) is 2.38. The van der Waals surface area contributed by atoms with Gasteiger partial charge in [-0.3, -0.25) is 0 Å². The van der Waals surface area contributed by atoms with E-state index in [0.717, 1.165) is 18.1 Å². The number of hydrogen-bond acceptors (Lipinski definition) is 2. The Balaban J connectivity index is 2.05. The van der Waals surface area contributed by atoms with Gasteiger partial charge in [0.05, 0.1) is 10.7 Å². The number of hydrogen-bond donors (Lipinski definition) is 1. The first kappa shape index (κ1) is 12.7. The molecule has 2 nitrogen and oxygen atoms in total. The van der Waals surface area contributed by atoms with Crippen molar-refractivity contribution in [2.45, 2.75) is 39.3 Å². The highest BCUT2D eigenvalue weighted by molar-refractivity contribution is 6.33. The fraction of sp³-hybridized carbons (Fsp3) is 0.571. The maximum atomic E-state index is 6.30. The largest absolute Gasteiger partial charge is 0.369 e. The summed E-state index contributed by atoms with van der Waals surface area (Å²) in [6, 6.07) is 7.45. The van der Waals surface area contributed by atoms with E-state index in [9.17, 15) is 0 Å². The van der Waals surface area contributed by atoms with Crippen molar-refractivity contribution in [2.75, 3.05) is 18.0 Å². The maximum absolute atomic E-state index is 6.30. The van der Waals surface area contributed by atoms with E-state index in [4.69, 9.17) is 11.6 Å². The van der Waals surface area contributed by atoms with Crippen LogP contribution < -0.4 is 10.2 Å². The van der Waals surface area contributed by atoms with E-state index in [-0.39, 0.29) is 0 Å². The van der Waals surface area contributed by atoms with Gasteiger partial charge >= 0.3 is 0 Å². The summed E-state index contributed by atoms with van der Waals surface area (Å²) in [5.41, 5.74) is 2.39. The third-order valence-electron chi connectivity index (χ3n) is 3.20. The second-order valence-corrected chi connectivity index (χ2v) is 5.62. The van der Waals surface area contributed by atoms with E-state index < -0.39 is 0 Å². The second-order valence-electron chi connectivity index (χ2n) is 5.21. The molecule has 0 bridgehead atoms. The average molecular weight is 253 g/mol. The van der Waals surface area contributed by atoms with Crippen LogP contribution in [0.4, 0.5) is 5.69 Å². The van der Waals surface area contributed by atoms with Crippen molar-refractivity contribution in [3.63, 3.8) is 0 Å². The molecule has 1 fully saturated rings. The van der Waals surface area contributed by atoms with Gasteiger partial charge in [0.2, 0.25) is 0 Å². The normalized spacial score (nSPS) is 20.3. The molecule has 2 rings (SSSR count). The SMILES string of the molecule is Cc1ccc(N2CCC(NC(C)C)C2)c(Cl)c1. The predicted molar refractivity (Wildman–Crippen MR) is 75.1 cm³/mol. The van der Waals surface area contributed by atoms with Crippen LogP contribution in [0.2, 0.25) is 5.02 Å². The van der Waals surface area contributed by atoms with Crippen molar-refractivity contribution in [3.8, 4) is 0 Å². The summed E-state index contributed by atoms with van der Waals surface area (Å²) in [5.74, 6) is 0. The molecule has 0 radical (unpaired) electrons. The Labute approximate surface area is 109 Å². The lowest BCUT2D eigenvalue weighted by Gasteiger charge is -2.21. The highest BCUT2D eigenvalue weighted by Crippen LogP contribution is 2.29. The molecule has 0 saturated carbocycles. The standard InChI is InChI=1S/C14H21ClN2/c1-10(2)16-12-6-7-17(9-12)14-5-4-11(3)8-13(14)15/h4-5,8,10,12,16H,6-7,9H2,1-3H3. The molecule has 1 aromatic rings. The van der Waals surface area contributed by atoms with E-state index in [1.807, 2.05) is 6.07 Å². The van der Waals surface area contributed by atoms with Crippen LogP contribution in [0, 0.1) is 6.92 Å². The number of benzene rings is 1. The van der Waals surface area contributed by atoms with Crippen molar-refractivity contribution in [3.05, 3.63) is 28.8 Å². The third-order valence-corrected chi connectivity index (χ3v) is 3.50. The zero-order valence-electron chi connectivity index (χ0n) is 10.8. The number of aryl methyl sites for hydroxylation is 1. The van der Waals surface area contributed by atoms with Gasteiger partial charge in [0, 0.05) is 25.2 Å². The fourth-order valence-corrected chi connectivity index (χ4v) is 2.81. The molecule has 0 aromatic heterocycles. The molecular formula is C14H21ClN2. The fourth-order valence-electron chi connectivity index (χ4n) is 2.45. The van der Waals surface area contributed by atoms with Crippen LogP contribution >= 0.6 is 11.6 Å². The van der Waals surface area contributed by atoms with E-state index in [1.165, 1.54) is 17.7 Å². The van der Waals surface area contributed by atoms with Crippen molar-refractivity contribution in [2.24, 2.45) is 0 Å². The van der Waals surface area contributed by atoms with Gasteiger partial charge in [0.25, 0.3) is 0 Å². The summed E-state index contributed by atoms with van der Waals surface area (Å²) < 4.78 is 0. The Morgan fingerprint density at radius 2 is 2.18 bits per heavy atom. The summed E-state index contributed by atoms with van der Waals surface area (Å²) >= 11 is 6.30. The minimum Gasteiger partial charge on any atom is -0.369 e. The van der Waals surface area contributed by atoms with Crippen LogP contribution in [-0.4, -0.2) is 25.2 Å². The van der Waals surface area contributed by atoms with Gasteiger partial charge in [-0.2, -0.15) is 0 Å². The Hall–Kier alpha value is -0.730. The molecule has 1 heterocycles. The first-order valence-corrected chi connectivity index (χ1v) is 6.71. The molecule has 0 amide bonds. The molecule has 1 aliphatic rings. The lowest BCUT2D eigenvalue weighted by Crippen LogP contribution is -2.37. The zero-order chi connectivity index (χ0) is 12.4. The Morgan fingerprint density at radius 1 is 1.41 bits per heavy atom. The molecule has 1 atom stereocenters. The summed E-state index contributed by atoms with van der Waals surface area (Å²) in [7, 11) is 0. The zero-order valence-corrected chi connectivity index (χ0v) is 11.6. The van der Waals surface area contributed by atoms with Gasteiger partial charge in [-0.05, 0) is 31.0 Å². The van der Waals surface area contributed by atoms with Crippen LogP contribution in [0.1, 0.15) is 25.8 Å². The predicted octanol–water partition coefficient (Wildman–Crippen LogP) is 3.23. The topological polar surface area (TPSA) is 15.3 Å². The van der Waals surface area contributed by atoms with Gasteiger partial charge in [0.1, 0.15) is 0 Å². The molecular weight excluding hydrogens is 232 g/mol. The van der Waals surface area contributed by atoms with Crippen molar-refractivity contribution in [1.82, 2.24) is 5.32 Å². The minimum atomic E-state index is 0.549. The molecule has 1 saturated heterocycles. The molecule has 1 aromatic carbocycles. The van der Waals surface area contributed by atoms with E-state index in [1.54, 1.807) is 0 Å². The number of nitrogens with zero attached hydrogens (tertiary/aromatic N) is 1. The lowest BCUT2D eigenvalue weighted by molar-refractivity contribution is 0.492. The van der Waals surface area contributed by atoms with E-state index >= 15 is 0 Å². The molecule has 3 heteroatoms. The van der Waals surface area contributed by atoms with Gasteiger partial charge in [0.15, 0.2) is 0 Å². The van der Waals surface area contributed by atoms with Crippen molar-refractivity contribution in [1.29, 1.82) is 0 Å². The van der Waals surface area contributed by atoms with Gasteiger partial charge in [-0.25, -0.2) is 0 Å². The Morgan fingerprint density at radius 3 is 2.82 bits per heavy atom. The molecule has 1 aliphatic heterocycles. The summed E-state index contributed by atoms with van der Waals surface area (Å²) in [5, 5.41) is 4.46. The minimum absolute atomic E-state index is 0.549. The highest BCUT2D eigenvalue weighted by Gasteiger charge is 2.24. The number of halogens is 1. The van der Waals surface area contributed by atoms with Crippen LogP contribution in [-0.2, 0) is 0 Å². The molecule has 0 spiro atoms. The van der Waals surface area contributed by atoms with Crippen LogP contribution in [0.15, 0.2) is 18.2 Å².